The van der Waals surface area contributed by atoms with Crippen molar-refractivity contribution in [1.29, 1.82) is 0 Å². The maximum absolute atomic E-state index is 14.4. The average molecular weight is 1000 g/mol. The lowest BCUT2D eigenvalue weighted by atomic mass is 9.93. The average Bonchev–Trinajstić information content (AvgIpc) is 4.16. The molecule has 13 aromatic rings. The van der Waals surface area contributed by atoms with E-state index in [-0.39, 0.29) is 0 Å². The van der Waals surface area contributed by atoms with Crippen LogP contribution in [0, 0.1) is 0 Å². The Hall–Kier alpha value is -9.61. The number of aromatic nitrogens is 5. The van der Waals surface area contributed by atoms with Gasteiger partial charge in [-0.25, -0.2) is 15.0 Å². The van der Waals surface area contributed by atoms with E-state index in [1.165, 1.54) is 24.3 Å². The van der Waals surface area contributed by atoms with Crippen LogP contribution in [0.3, 0.4) is 0 Å². The van der Waals surface area contributed by atoms with Crippen LogP contribution in [0.15, 0.2) is 200 Å². The van der Waals surface area contributed by atoms with Crippen molar-refractivity contribution in [2.45, 2.75) is 12.4 Å². The molecule has 76 heavy (non-hydrogen) atoms. The fourth-order valence-electron chi connectivity index (χ4n) is 11.4. The molecule has 5 heterocycles. The molecule has 0 spiro atoms. The van der Waals surface area contributed by atoms with E-state index in [2.05, 4.69) is 52.4 Å². The molecule has 0 radical (unpaired) electrons. The first-order chi connectivity index (χ1) is 36.9. The molecule has 3 aromatic heterocycles. The Labute approximate surface area is 427 Å². The standard InChI is InChI=1S/C65H35F6N5/c66-64(67,68)44-21-17-34(18-22-44)56-58-48-27-38-11-3-1-9-36(38)25-46(48)54(72-58)33-55-47-26-37-10-2-4-12-39(37)28-49(47)59(73-55)57(35-19-23-45(24-20-35)65(69,70)71)61-51-30-41-14-6-8-16-43(41)32-53(51)63(75-61)76-62-52-31-42-15-7-5-13-40(42)29-50(52)60(56)74-62/h1-33,72H,(H,74,75,76). The van der Waals surface area contributed by atoms with Crippen LogP contribution < -0.4 is 0 Å². The Balaban J connectivity index is 1.20. The van der Waals surface area contributed by atoms with Crippen molar-refractivity contribution in [2.24, 2.45) is 0 Å². The lowest BCUT2D eigenvalue weighted by Crippen LogP contribution is -2.04. The Morgan fingerprint density at radius 2 is 0.711 bits per heavy atom. The third kappa shape index (κ3) is 6.85. The molecule has 11 heteroatoms. The smallest absolute Gasteiger partial charge is 0.354 e. The van der Waals surface area contributed by atoms with Crippen LogP contribution in [0.25, 0.3) is 154 Å². The van der Waals surface area contributed by atoms with Gasteiger partial charge in [0.05, 0.1) is 39.2 Å². The SMILES string of the molecule is FC(F)(F)c1ccc(-c2c3nc(nc4[nH]c(c(-c5ccc(C(F)(F)F)cc5)c5nc(cc6[nH]c2c2cc7ccccc7cc62)-c2cc6ccccc6cc2-5)c2cc5ccccc5cc42)-c2cc4ccccc4cc2-3)cc1. The van der Waals surface area contributed by atoms with Crippen molar-refractivity contribution in [3.8, 4) is 67.4 Å². The third-order valence-corrected chi connectivity index (χ3v) is 15.1. The molecule has 0 saturated heterocycles. The topological polar surface area (TPSA) is 70.2 Å². The van der Waals surface area contributed by atoms with Crippen molar-refractivity contribution >= 4 is 86.8 Å². The minimum Gasteiger partial charge on any atom is -0.354 e. The van der Waals surface area contributed by atoms with E-state index in [9.17, 15) is 26.3 Å². The molecule has 2 aliphatic rings. The van der Waals surface area contributed by atoms with Gasteiger partial charge in [0.1, 0.15) is 5.65 Å². The number of fused-ring (bicyclic) bond motifs is 24. The van der Waals surface area contributed by atoms with E-state index >= 15 is 0 Å². The number of hydrogen-bond acceptors (Lipinski definition) is 3. The summed E-state index contributed by atoms with van der Waals surface area (Å²) in [5.41, 5.74) is 7.49. The van der Waals surface area contributed by atoms with Crippen LogP contribution in [0.4, 0.5) is 26.3 Å². The van der Waals surface area contributed by atoms with E-state index < -0.39 is 23.5 Å². The summed E-state index contributed by atoms with van der Waals surface area (Å²) in [7, 11) is 0. The lowest BCUT2D eigenvalue weighted by molar-refractivity contribution is -0.138. The zero-order valence-electron chi connectivity index (χ0n) is 39.7. The highest BCUT2D eigenvalue weighted by molar-refractivity contribution is 6.20. The molecule has 2 N–H and O–H groups in total. The summed E-state index contributed by atoms with van der Waals surface area (Å²) in [6.45, 7) is 0. The van der Waals surface area contributed by atoms with Gasteiger partial charge in [0, 0.05) is 60.4 Å². The number of nitrogens with one attached hydrogen (secondary N) is 2. The lowest BCUT2D eigenvalue weighted by Gasteiger charge is -2.11. The highest BCUT2D eigenvalue weighted by atomic mass is 19.4. The van der Waals surface area contributed by atoms with Gasteiger partial charge in [-0.3, -0.25) is 0 Å². The number of halogens is 6. The molecule has 0 aliphatic carbocycles. The second-order valence-electron chi connectivity index (χ2n) is 19.5. The van der Waals surface area contributed by atoms with Crippen LogP contribution in [-0.2, 0) is 12.4 Å². The Kier molecular flexibility index (Phi) is 9.22. The predicted molar refractivity (Wildman–Crippen MR) is 294 cm³/mol. The first-order valence-electron chi connectivity index (χ1n) is 24.6. The van der Waals surface area contributed by atoms with Gasteiger partial charge in [0.25, 0.3) is 0 Å². The number of hydrogen-bond donors (Lipinski definition) is 2. The van der Waals surface area contributed by atoms with Crippen LogP contribution in [-0.4, -0.2) is 24.9 Å². The first-order valence-corrected chi connectivity index (χ1v) is 24.6. The second-order valence-corrected chi connectivity index (χ2v) is 19.5. The molecule has 0 amide bonds. The number of rotatable bonds is 2. The van der Waals surface area contributed by atoms with Gasteiger partial charge in [-0.1, -0.05) is 121 Å². The summed E-state index contributed by atoms with van der Waals surface area (Å²) in [6.07, 6.45) is -9.15. The molecule has 8 bridgehead atoms. The van der Waals surface area contributed by atoms with Crippen LogP contribution >= 0.6 is 0 Å². The number of benzene rings is 10. The normalized spacial score (nSPS) is 12.6. The number of alkyl halides is 6. The fraction of sp³-hybridized carbons (Fsp3) is 0.0308. The van der Waals surface area contributed by atoms with Crippen LogP contribution in [0.2, 0.25) is 0 Å². The summed E-state index contributed by atoms with van der Waals surface area (Å²) >= 11 is 0. The summed E-state index contributed by atoms with van der Waals surface area (Å²) < 4.78 is 86.2. The van der Waals surface area contributed by atoms with E-state index in [1.54, 1.807) is 0 Å². The van der Waals surface area contributed by atoms with Gasteiger partial charge >= 0.3 is 12.4 Å². The zero-order chi connectivity index (χ0) is 51.2. The van der Waals surface area contributed by atoms with Gasteiger partial charge in [-0.15, -0.1) is 0 Å². The number of H-pyrrole nitrogens is 2. The largest absolute Gasteiger partial charge is 0.416 e. The van der Waals surface area contributed by atoms with Crippen molar-refractivity contribution in [3.05, 3.63) is 211 Å². The van der Waals surface area contributed by atoms with Crippen molar-refractivity contribution in [2.75, 3.05) is 0 Å². The van der Waals surface area contributed by atoms with Gasteiger partial charge in [0.15, 0.2) is 5.82 Å². The molecule has 15 rings (SSSR count). The highest BCUT2D eigenvalue weighted by Gasteiger charge is 2.33. The summed E-state index contributed by atoms with van der Waals surface area (Å²) in [4.78, 5) is 24.0. The summed E-state index contributed by atoms with van der Waals surface area (Å²) in [5.74, 6) is 0.352. The van der Waals surface area contributed by atoms with E-state index in [0.29, 0.717) is 72.9 Å². The summed E-state index contributed by atoms with van der Waals surface area (Å²) in [6, 6.07) is 61.0. The van der Waals surface area contributed by atoms with Gasteiger partial charge in [0.2, 0.25) is 0 Å². The Morgan fingerprint density at radius 3 is 1.20 bits per heavy atom. The highest BCUT2D eigenvalue weighted by Crippen LogP contribution is 2.49. The minimum absolute atomic E-state index is 0.352. The van der Waals surface area contributed by atoms with E-state index in [0.717, 1.165) is 106 Å². The molecule has 10 aromatic carbocycles. The van der Waals surface area contributed by atoms with Crippen LogP contribution in [0.1, 0.15) is 11.1 Å². The molecule has 0 unspecified atom stereocenters. The van der Waals surface area contributed by atoms with E-state index in [4.69, 9.17) is 15.0 Å². The molecule has 362 valence electrons. The maximum Gasteiger partial charge on any atom is 0.416 e. The molecular weight excluding hydrogens is 965 g/mol. The Bertz CT molecular complexity index is 4530. The molecule has 5 nitrogen and oxygen atoms in total. The van der Waals surface area contributed by atoms with Gasteiger partial charge < -0.3 is 9.97 Å². The van der Waals surface area contributed by atoms with Gasteiger partial charge in [-0.2, -0.15) is 26.3 Å². The first kappa shape index (κ1) is 43.9. The maximum atomic E-state index is 14.4. The zero-order valence-corrected chi connectivity index (χ0v) is 39.7. The van der Waals surface area contributed by atoms with Crippen molar-refractivity contribution in [1.82, 2.24) is 24.9 Å². The van der Waals surface area contributed by atoms with E-state index in [1.807, 2.05) is 109 Å². The molecular formula is C65H35F6N5. The molecule has 2 aliphatic heterocycles. The van der Waals surface area contributed by atoms with Crippen molar-refractivity contribution < 1.29 is 26.3 Å². The number of nitrogens with zero attached hydrogens (tertiary/aromatic N) is 3. The second kappa shape index (κ2) is 15.9. The molecule has 0 atom stereocenters. The third-order valence-electron chi connectivity index (χ3n) is 15.1. The van der Waals surface area contributed by atoms with Crippen molar-refractivity contribution in [3.63, 3.8) is 0 Å². The number of aromatic amines is 2. The predicted octanol–water partition coefficient (Wildman–Crippen LogP) is 18.7. The fourth-order valence-corrected chi connectivity index (χ4v) is 11.4. The molecule has 0 saturated carbocycles. The minimum atomic E-state index is -4.58. The monoisotopic (exact) mass is 999 g/mol. The summed E-state index contributed by atoms with van der Waals surface area (Å²) in [5, 5.41) is 10.6. The van der Waals surface area contributed by atoms with Gasteiger partial charge in [-0.05, 0) is 133 Å². The van der Waals surface area contributed by atoms with Crippen LogP contribution in [0.5, 0.6) is 0 Å². The molecule has 0 fully saturated rings. The quantitative estimate of drug-likeness (QED) is 0.170. The Morgan fingerprint density at radius 1 is 0.329 bits per heavy atom.